The molecule has 3 aliphatic rings. The van der Waals surface area contributed by atoms with Crippen LogP contribution >= 0.6 is 11.8 Å². The minimum Gasteiger partial charge on any atom is -0.451 e. The number of hydrogen-bond donors (Lipinski definition) is 1. The molecule has 232 valence electrons. The van der Waals surface area contributed by atoms with Gasteiger partial charge in [-0.05, 0) is 61.3 Å². The molecule has 2 aromatic carbocycles. The van der Waals surface area contributed by atoms with Crippen molar-refractivity contribution in [2.75, 3.05) is 13.1 Å². The number of carbonyl (C=O) groups excluding carboxylic acids is 4. The van der Waals surface area contributed by atoms with Gasteiger partial charge in [0.2, 0.25) is 11.8 Å². The number of hydrogen-bond acceptors (Lipinski definition) is 7. The van der Waals surface area contributed by atoms with Crippen molar-refractivity contribution >= 4 is 35.6 Å². The molecule has 2 fully saturated rings. The van der Waals surface area contributed by atoms with Crippen LogP contribution in [-0.2, 0) is 23.9 Å². The van der Waals surface area contributed by atoms with E-state index in [0.29, 0.717) is 36.6 Å². The summed E-state index contributed by atoms with van der Waals surface area (Å²) in [5, 5.41) is 3.92. The van der Waals surface area contributed by atoms with Gasteiger partial charge in [0.05, 0.1) is 0 Å². The number of benzene rings is 2. The lowest BCUT2D eigenvalue weighted by Crippen LogP contribution is -2.74. The third kappa shape index (κ3) is 6.85. The van der Waals surface area contributed by atoms with Crippen LogP contribution in [-0.4, -0.2) is 69.8 Å². The van der Waals surface area contributed by atoms with Gasteiger partial charge >= 0.3 is 12.1 Å². The SMILES string of the molecule is CC(C)CN1CC/C(=C\C2=CS[C@@H]3[C@H](NC(=O)OC(C)(C)C)C(=O)N3[C@H]2C(=O)OC(c2ccccc2)c2ccccc2)C1=O. The maximum absolute atomic E-state index is 14.2. The monoisotopic (exact) mass is 617 g/mol. The van der Waals surface area contributed by atoms with Crippen LogP contribution in [0, 0.1) is 5.92 Å². The highest BCUT2D eigenvalue weighted by molar-refractivity contribution is 8.03. The van der Waals surface area contributed by atoms with Gasteiger partial charge in [0.15, 0.2) is 12.1 Å². The van der Waals surface area contributed by atoms with Crippen LogP contribution < -0.4 is 5.32 Å². The topological polar surface area (TPSA) is 105 Å². The van der Waals surface area contributed by atoms with E-state index in [0.717, 1.165) is 11.1 Å². The lowest BCUT2D eigenvalue weighted by molar-refractivity contribution is -0.164. The fourth-order valence-corrected chi connectivity index (χ4v) is 6.78. The van der Waals surface area contributed by atoms with Crippen LogP contribution in [0.5, 0.6) is 0 Å². The number of thioether (sulfide) groups is 1. The molecule has 0 saturated carbocycles. The first-order valence-corrected chi connectivity index (χ1v) is 15.8. The van der Waals surface area contributed by atoms with Crippen molar-refractivity contribution < 1.29 is 28.7 Å². The molecule has 2 saturated heterocycles. The molecule has 0 aromatic heterocycles. The number of alkyl carbamates (subject to hydrolysis) is 1. The predicted octanol–water partition coefficient (Wildman–Crippen LogP) is 5.19. The minimum atomic E-state index is -1.10. The van der Waals surface area contributed by atoms with Gasteiger partial charge in [-0.1, -0.05) is 74.5 Å². The van der Waals surface area contributed by atoms with E-state index in [4.69, 9.17) is 9.47 Å². The van der Waals surface area contributed by atoms with Gasteiger partial charge in [0.1, 0.15) is 17.0 Å². The van der Waals surface area contributed by atoms with E-state index in [1.807, 2.05) is 65.6 Å². The van der Waals surface area contributed by atoms with E-state index in [1.54, 1.807) is 32.3 Å². The second kappa shape index (κ2) is 12.9. The zero-order chi connectivity index (χ0) is 31.6. The highest BCUT2D eigenvalue weighted by Crippen LogP contribution is 2.42. The number of nitrogens with one attached hydrogen (secondary N) is 1. The van der Waals surface area contributed by atoms with Crippen LogP contribution in [0.2, 0.25) is 0 Å². The Hall–Kier alpha value is -4.05. The molecule has 0 radical (unpaired) electrons. The second-order valence-electron chi connectivity index (χ2n) is 12.6. The molecule has 0 aliphatic carbocycles. The molecule has 3 atom stereocenters. The summed E-state index contributed by atoms with van der Waals surface area (Å²) in [5.41, 5.74) is 1.94. The Balaban J connectivity index is 1.46. The molecule has 3 heterocycles. The lowest BCUT2D eigenvalue weighted by Gasteiger charge is -2.51. The number of carbonyl (C=O) groups is 4. The number of β-lactam (4-membered cyclic amide) rings is 1. The van der Waals surface area contributed by atoms with E-state index in [2.05, 4.69) is 19.2 Å². The summed E-state index contributed by atoms with van der Waals surface area (Å²) in [7, 11) is 0. The molecule has 0 unspecified atom stereocenters. The normalized spacial score (nSPS) is 22.6. The van der Waals surface area contributed by atoms with Crippen LogP contribution in [0.25, 0.3) is 0 Å². The molecule has 0 spiro atoms. The summed E-state index contributed by atoms with van der Waals surface area (Å²) in [5.74, 6) is -0.781. The number of likely N-dealkylation sites (tertiary alicyclic amines) is 1. The highest BCUT2D eigenvalue weighted by atomic mass is 32.2. The van der Waals surface area contributed by atoms with E-state index >= 15 is 0 Å². The van der Waals surface area contributed by atoms with E-state index in [1.165, 1.54) is 16.7 Å². The number of ether oxygens (including phenoxy) is 2. The Morgan fingerprint density at radius 2 is 1.64 bits per heavy atom. The van der Waals surface area contributed by atoms with Crippen LogP contribution in [0.3, 0.4) is 0 Å². The molecule has 1 N–H and O–H groups in total. The second-order valence-corrected chi connectivity index (χ2v) is 13.6. The van der Waals surface area contributed by atoms with Gasteiger partial charge in [-0.2, -0.15) is 0 Å². The maximum atomic E-state index is 14.2. The molecule has 10 heteroatoms. The van der Waals surface area contributed by atoms with Crippen LogP contribution in [0.4, 0.5) is 4.79 Å². The number of amides is 3. The average Bonchev–Trinajstić information content (AvgIpc) is 3.31. The van der Waals surface area contributed by atoms with Crippen molar-refractivity contribution in [2.45, 2.75) is 70.2 Å². The van der Waals surface area contributed by atoms with Crippen molar-refractivity contribution in [3.8, 4) is 0 Å². The van der Waals surface area contributed by atoms with Crippen LogP contribution in [0.15, 0.2) is 83.3 Å². The van der Waals surface area contributed by atoms with Crippen molar-refractivity contribution in [1.29, 1.82) is 0 Å². The molecule has 9 nitrogen and oxygen atoms in total. The predicted molar refractivity (Wildman–Crippen MR) is 168 cm³/mol. The quantitative estimate of drug-likeness (QED) is 0.247. The summed E-state index contributed by atoms with van der Waals surface area (Å²) in [6.07, 6.45) is 0.863. The van der Waals surface area contributed by atoms with Crippen molar-refractivity contribution in [3.05, 3.63) is 94.4 Å². The van der Waals surface area contributed by atoms with Gasteiger partial charge in [0.25, 0.3) is 0 Å². The first kappa shape index (κ1) is 31.4. The molecule has 0 bridgehead atoms. The van der Waals surface area contributed by atoms with Gasteiger partial charge in [-0.3, -0.25) is 9.59 Å². The first-order valence-electron chi connectivity index (χ1n) is 14.9. The molecule has 3 amide bonds. The van der Waals surface area contributed by atoms with Gasteiger partial charge in [0, 0.05) is 18.7 Å². The molecule has 2 aromatic rings. The lowest BCUT2D eigenvalue weighted by atomic mass is 9.95. The fraction of sp³-hybridized carbons (Fsp3) is 0.412. The molecule has 5 rings (SSSR count). The summed E-state index contributed by atoms with van der Waals surface area (Å²) in [6, 6.07) is 16.9. The minimum absolute atomic E-state index is 0.0651. The van der Waals surface area contributed by atoms with Gasteiger partial charge in [-0.25, -0.2) is 9.59 Å². The zero-order valence-electron chi connectivity index (χ0n) is 25.7. The Bertz CT molecular complexity index is 1430. The summed E-state index contributed by atoms with van der Waals surface area (Å²) in [4.78, 5) is 56.8. The zero-order valence-corrected chi connectivity index (χ0v) is 26.5. The van der Waals surface area contributed by atoms with Crippen molar-refractivity contribution in [3.63, 3.8) is 0 Å². The summed E-state index contributed by atoms with van der Waals surface area (Å²) < 4.78 is 11.6. The Morgan fingerprint density at radius 3 is 2.20 bits per heavy atom. The smallest absolute Gasteiger partial charge is 0.408 e. The third-order valence-electron chi connectivity index (χ3n) is 7.49. The Labute approximate surface area is 262 Å². The maximum Gasteiger partial charge on any atom is 0.408 e. The Kier molecular flexibility index (Phi) is 9.20. The van der Waals surface area contributed by atoms with E-state index < -0.39 is 47.1 Å². The summed E-state index contributed by atoms with van der Waals surface area (Å²) >= 11 is 1.32. The standard InChI is InChI=1S/C34H39N3O6S/c1-21(2)19-36-17-16-24(29(36)38)18-25-20-44-31-26(35-33(41)43-34(3,4)5)30(39)37(31)27(25)32(40)42-28(22-12-8-6-9-13-22)23-14-10-7-11-15-23/h6-15,18,20-21,26-28,31H,16-17,19H2,1-5H3,(H,35,41)/b24-18+/t26-,27-,31-/m1/s1. The fourth-order valence-electron chi connectivity index (χ4n) is 5.59. The average molecular weight is 618 g/mol. The molecular weight excluding hydrogens is 578 g/mol. The Morgan fingerprint density at radius 1 is 1.02 bits per heavy atom. The van der Waals surface area contributed by atoms with E-state index in [-0.39, 0.29) is 5.91 Å². The largest absolute Gasteiger partial charge is 0.451 e. The van der Waals surface area contributed by atoms with Crippen molar-refractivity contribution in [1.82, 2.24) is 15.1 Å². The first-order chi connectivity index (χ1) is 20.9. The number of esters is 1. The summed E-state index contributed by atoms with van der Waals surface area (Å²) in [6.45, 7) is 10.6. The van der Waals surface area contributed by atoms with E-state index in [9.17, 15) is 19.2 Å². The third-order valence-corrected chi connectivity index (χ3v) is 8.68. The molecular formula is C34H39N3O6S. The van der Waals surface area contributed by atoms with Gasteiger partial charge < -0.3 is 24.6 Å². The molecule has 3 aliphatic heterocycles. The number of rotatable bonds is 8. The molecule has 44 heavy (non-hydrogen) atoms. The van der Waals surface area contributed by atoms with Crippen LogP contribution in [0.1, 0.15) is 58.3 Å². The number of nitrogens with zero attached hydrogens (tertiary/aromatic N) is 2. The van der Waals surface area contributed by atoms with Crippen molar-refractivity contribution in [2.24, 2.45) is 5.92 Å². The van der Waals surface area contributed by atoms with Gasteiger partial charge in [-0.15, -0.1) is 11.8 Å². The number of fused-ring (bicyclic) bond motifs is 1. The highest BCUT2D eigenvalue weighted by Gasteiger charge is 2.56.